The molecule has 0 aliphatic carbocycles. The Hall–Kier alpha value is -4.52. The van der Waals surface area contributed by atoms with Gasteiger partial charge in [0, 0.05) is 11.1 Å². The molecule has 0 atom stereocenters. The van der Waals surface area contributed by atoms with E-state index >= 15 is 0 Å². The summed E-state index contributed by atoms with van der Waals surface area (Å²) in [5, 5.41) is 24.7. The molecule has 0 saturated carbocycles. The van der Waals surface area contributed by atoms with Gasteiger partial charge in [0.05, 0.1) is 24.3 Å². The van der Waals surface area contributed by atoms with Gasteiger partial charge in [-0.2, -0.15) is 10.5 Å². The molecule has 194 valence electrons. The highest BCUT2D eigenvalue weighted by atomic mass is 32.1. The molecule has 0 aliphatic heterocycles. The number of hydrogen-bond donors (Lipinski definition) is 2. The number of carbonyl (C=O) groups is 4. The number of benzene rings is 1. The van der Waals surface area contributed by atoms with Crippen molar-refractivity contribution in [3.05, 3.63) is 67.4 Å². The topological polar surface area (TPSA) is 158 Å². The van der Waals surface area contributed by atoms with Crippen LogP contribution < -0.4 is 10.6 Å². The maximum Gasteiger partial charge on any atom is 0.348 e. The van der Waals surface area contributed by atoms with Crippen LogP contribution in [0.3, 0.4) is 0 Å². The van der Waals surface area contributed by atoms with Crippen LogP contribution in [0.15, 0.2) is 24.3 Å². The summed E-state index contributed by atoms with van der Waals surface area (Å²) in [6.45, 7) is 6.90. The lowest BCUT2D eigenvalue weighted by molar-refractivity contribution is 0.0521. The van der Waals surface area contributed by atoms with Crippen LogP contribution >= 0.6 is 22.7 Å². The van der Waals surface area contributed by atoms with Gasteiger partial charge in [0.2, 0.25) is 0 Å². The fraction of sp³-hybridized carbons (Fsp3) is 0.231. The highest BCUT2D eigenvalue weighted by Crippen LogP contribution is 2.34. The lowest BCUT2D eigenvalue weighted by atomic mass is 10.1. The van der Waals surface area contributed by atoms with Crippen LogP contribution in [0.2, 0.25) is 0 Å². The third kappa shape index (κ3) is 5.72. The van der Waals surface area contributed by atoms with Crippen molar-refractivity contribution < 1.29 is 28.7 Å². The Balaban J connectivity index is 1.77. The predicted octanol–water partition coefficient (Wildman–Crippen LogP) is 5.03. The zero-order valence-electron chi connectivity index (χ0n) is 20.9. The standard InChI is InChI=1S/C26H22N4O6S2/c1-5-35-25(33)19-13(3)17(11-27)23(37-19)29-21(31)15-7-9-16(10-8-15)22(32)30-24-18(12-28)14(4)20(38-24)26(34)36-6-2/h7-10H,5-6H2,1-4H3,(H,29,31)(H,30,32). The Bertz CT molecular complexity index is 1390. The lowest BCUT2D eigenvalue weighted by Gasteiger charge is -2.06. The van der Waals surface area contributed by atoms with Crippen molar-refractivity contribution >= 4 is 56.4 Å². The molecule has 0 bridgehead atoms. The molecule has 2 amide bonds. The quantitative estimate of drug-likeness (QED) is 0.370. The van der Waals surface area contributed by atoms with Crippen molar-refractivity contribution in [1.29, 1.82) is 10.5 Å². The molecule has 38 heavy (non-hydrogen) atoms. The second-order valence-corrected chi connectivity index (χ2v) is 9.71. The fourth-order valence-electron chi connectivity index (χ4n) is 3.38. The van der Waals surface area contributed by atoms with Crippen LogP contribution in [-0.4, -0.2) is 37.0 Å². The Labute approximate surface area is 226 Å². The molecular weight excluding hydrogens is 528 g/mol. The van der Waals surface area contributed by atoms with Gasteiger partial charge in [0.25, 0.3) is 11.8 Å². The Morgan fingerprint density at radius 1 is 0.737 bits per heavy atom. The first kappa shape index (κ1) is 28.1. The molecule has 0 unspecified atom stereocenters. The number of amides is 2. The maximum atomic E-state index is 12.8. The van der Waals surface area contributed by atoms with Crippen LogP contribution in [-0.2, 0) is 9.47 Å². The molecule has 1 aromatic carbocycles. The SMILES string of the molecule is CCOC(=O)c1sc(NC(=O)c2ccc(C(=O)Nc3sc(C(=O)OCC)c(C)c3C#N)cc2)c(C#N)c1C. The highest BCUT2D eigenvalue weighted by Gasteiger charge is 2.24. The number of nitrogens with zero attached hydrogens (tertiary/aromatic N) is 2. The maximum absolute atomic E-state index is 12.8. The Morgan fingerprint density at radius 2 is 1.08 bits per heavy atom. The van der Waals surface area contributed by atoms with Gasteiger partial charge in [0.15, 0.2) is 0 Å². The van der Waals surface area contributed by atoms with Crippen LogP contribution in [0.25, 0.3) is 0 Å². The average molecular weight is 551 g/mol. The summed E-state index contributed by atoms with van der Waals surface area (Å²) >= 11 is 1.90. The van der Waals surface area contributed by atoms with E-state index in [1.165, 1.54) is 24.3 Å². The molecule has 0 spiro atoms. The molecule has 0 radical (unpaired) electrons. The van der Waals surface area contributed by atoms with E-state index in [4.69, 9.17) is 9.47 Å². The molecule has 12 heteroatoms. The molecular formula is C26H22N4O6S2. The van der Waals surface area contributed by atoms with Gasteiger partial charge in [0.1, 0.15) is 31.9 Å². The number of hydrogen-bond acceptors (Lipinski definition) is 10. The summed E-state index contributed by atoms with van der Waals surface area (Å²) < 4.78 is 10.0. The van der Waals surface area contributed by atoms with Crippen LogP contribution in [0.1, 0.15) is 76.2 Å². The summed E-state index contributed by atoms with van der Waals surface area (Å²) in [5.74, 6) is -2.22. The molecule has 0 fully saturated rings. The summed E-state index contributed by atoms with van der Waals surface area (Å²) in [7, 11) is 0. The number of esters is 2. The van der Waals surface area contributed by atoms with E-state index in [2.05, 4.69) is 10.6 Å². The minimum atomic E-state index is -0.572. The van der Waals surface area contributed by atoms with Crippen molar-refractivity contribution in [3.8, 4) is 12.1 Å². The van der Waals surface area contributed by atoms with Gasteiger partial charge in [-0.15, -0.1) is 22.7 Å². The minimum Gasteiger partial charge on any atom is -0.462 e. The number of ether oxygens (including phenoxy) is 2. The normalized spacial score (nSPS) is 10.2. The third-order valence-electron chi connectivity index (χ3n) is 5.30. The van der Waals surface area contributed by atoms with E-state index in [1.807, 2.05) is 12.1 Å². The number of thiophene rings is 2. The van der Waals surface area contributed by atoms with E-state index in [0.717, 1.165) is 22.7 Å². The zero-order valence-corrected chi connectivity index (χ0v) is 22.5. The average Bonchev–Trinajstić information content (AvgIpc) is 3.39. The monoisotopic (exact) mass is 550 g/mol. The zero-order chi connectivity index (χ0) is 28.0. The van der Waals surface area contributed by atoms with Crippen molar-refractivity contribution in [3.63, 3.8) is 0 Å². The fourth-order valence-corrected chi connectivity index (χ4v) is 5.47. The predicted molar refractivity (Wildman–Crippen MR) is 142 cm³/mol. The number of anilines is 2. The molecule has 10 nitrogen and oxygen atoms in total. The van der Waals surface area contributed by atoms with E-state index in [9.17, 15) is 29.7 Å². The Morgan fingerprint density at radius 3 is 1.37 bits per heavy atom. The van der Waals surface area contributed by atoms with E-state index < -0.39 is 23.8 Å². The first-order valence-corrected chi connectivity index (χ1v) is 12.9. The van der Waals surface area contributed by atoms with Crippen molar-refractivity contribution in [2.24, 2.45) is 0 Å². The van der Waals surface area contributed by atoms with Crippen LogP contribution in [0.4, 0.5) is 10.0 Å². The van der Waals surface area contributed by atoms with Gasteiger partial charge in [-0.25, -0.2) is 9.59 Å². The van der Waals surface area contributed by atoms with Crippen LogP contribution in [0, 0.1) is 36.5 Å². The number of rotatable bonds is 8. The first-order chi connectivity index (χ1) is 18.2. The van der Waals surface area contributed by atoms with Crippen molar-refractivity contribution in [1.82, 2.24) is 0 Å². The number of nitrogens with one attached hydrogen (secondary N) is 2. The lowest BCUT2D eigenvalue weighted by Crippen LogP contribution is -2.14. The van der Waals surface area contributed by atoms with Crippen molar-refractivity contribution in [2.45, 2.75) is 27.7 Å². The third-order valence-corrected chi connectivity index (χ3v) is 7.68. The molecule has 2 aromatic heterocycles. The van der Waals surface area contributed by atoms with E-state index in [0.29, 0.717) is 11.1 Å². The van der Waals surface area contributed by atoms with Gasteiger partial charge in [-0.05, 0) is 63.1 Å². The van der Waals surface area contributed by atoms with E-state index in [1.54, 1.807) is 27.7 Å². The van der Waals surface area contributed by atoms with E-state index in [-0.39, 0.29) is 55.2 Å². The number of nitriles is 2. The second kappa shape index (κ2) is 12.1. The molecule has 3 aromatic rings. The molecule has 0 saturated heterocycles. The van der Waals surface area contributed by atoms with Gasteiger partial charge in [-0.1, -0.05) is 0 Å². The molecule has 3 rings (SSSR count). The number of carbonyl (C=O) groups excluding carboxylic acids is 4. The van der Waals surface area contributed by atoms with Gasteiger partial charge in [-0.3, -0.25) is 9.59 Å². The van der Waals surface area contributed by atoms with Gasteiger partial charge < -0.3 is 20.1 Å². The summed E-state index contributed by atoms with van der Waals surface area (Å²) in [4.78, 5) is 50.4. The minimum absolute atomic E-state index is 0.170. The second-order valence-electron chi connectivity index (χ2n) is 7.67. The molecule has 0 aliphatic rings. The summed E-state index contributed by atoms with van der Waals surface area (Å²) in [6.07, 6.45) is 0. The van der Waals surface area contributed by atoms with Crippen LogP contribution in [0.5, 0.6) is 0 Å². The molecule has 2 N–H and O–H groups in total. The summed E-state index contributed by atoms with van der Waals surface area (Å²) in [5.41, 5.74) is 1.61. The van der Waals surface area contributed by atoms with Crippen molar-refractivity contribution in [2.75, 3.05) is 23.8 Å². The van der Waals surface area contributed by atoms with Gasteiger partial charge >= 0.3 is 11.9 Å². The smallest absolute Gasteiger partial charge is 0.348 e. The highest BCUT2D eigenvalue weighted by molar-refractivity contribution is 7.19. The Kier molecular flexibility index (Phi) is 8.97. The summed E-state index contributed by atoms with van der Waals surface area (Å²) in [6, 6.07) is 9.71. The first-order valence-electron chi connectivity index (χ1n) is 11.3. The molecule has 2 heterocycles. The largest absolute Gasteiger partial charge is 0.462 e.